The average Bonchev–Trinajstić information content (AvgIpc) is 3.25. The molecule has 4 rings (SSSR count). The number of rotatable bonds is 4. The monoisotopic (exact) mass is 408 g/mol. The van der Waals surface area contributed by atoms with Gasteiger partial charge in [0.05, 0.1) is 11.4 Å². The second kappa shape index (κ2) is 7.78. The number of hydrogen-bond donors (Lipinski definition) is 2. The van der Waals surface area contributed by atoms with Gasteiger partial charge in [0, 0.05) is 37.4 Å². The molecule has 0 radical (unpaired) electrons. The molecule has 152 valence electrons. The van der Waals surface area contributed by atoms with Gasteiger partial charge < -0.3 is 0 Å². The number of anilines is 2. The molecule has 0 bridgehead atoms. The van der Waals surface area contributed by atoms with Crippen LogP contribution in [0, 0.1) is 11.6 Å². The number of hydrogen-bond acceptors (Lipinski definition) is 3. The van der Waals surface area contributed by atoms with Crippen LogP contribution in [0.2, 0.25) is 0 Å². The van der Waals surface area contributed by atoms with Crippen molar-refractivity contribution in [2.45, 2.75) is 0 Å². The van der Waals surface area contributed by atoms with E-state index in [1.165, 1.54) is 24.3 Å². The Morgan fingerprint density at radius 3 is 1.47 bits per heavy atom. The van der Waals surface area contributed by atoms with Gasteiger partial charge in [-0.1, -0.05) is 0 Å². The Labute approximate surface area is 171 Å². The first kappa shape index (κ1) is 19.3. The van der Waals surface area contributed by atoms with Crippen molar-refractivity contribution in [3.63, 3.8) is 0 Å². The first-order valence-corrected chi connectivity index (χ1v) is 9.07. The Bertz CT molecular complexity index is 1100. The molecule has 2 aromatic carbocycles. The largest absolute Gasteiger partial charge is 0.326 e. The van der Waals surface area contributed by atoms with Crippen molar-refractivity contribution in [3.05, 3.63) is 72.3 Å². The van der Waals surface area contributed by atoms with Gasteiger partial charge in [0.1, 0.15) is 11.6 Å². The molecule has 2 heterocycles. The first-order chi connectivity index (χ1) is 14.4. The maximum Gasteiger partial charge on any atom is 0.326 e. The molecule has 0 aliphatic carbocycles. The smallest absolute Gasteiger partial charge is 0.291 e. The second-order valence-corrected chi connectivity index (χ2v) is 6.67. The van der Waals surface area contributed by atoms with Crippen LogP contribution in [0.3, 0.4) is 0 Å². The quantitative estimate of drug-likeness (QED) is 0.525. The minimum Gasteiger partial charge on any atom is -0.291 e. The van der Waals surface area contributed by atoms with Gasteiger partial charge in [-0.25, -0.2) is 13.6 Å². The number of nitrogens with one attached hydrogen (secondary N) is 2. The van der Waals surface area contributed by atoms with E-state index in [1.807, 2.05) is 0 Å². The number of halogens is 2. The zero-order valence-corrected chi connectivity index (χ0v) is 16.2. The maximum atomic E-state index is 13.1. The number of carbonyl (C=O) groups is 1. The highest BCUT2D eigenvalue weighted by Gasteiger charge is 2.13. The Morgan fingerprint density at radius 2 is 1.10 bits per heavy atom. The highest BCUT2D eigenvalue weighted by molar-refractivity contribution is 5.99. The van der Waals surface area contributed by atoms with Crippen LogP contribution in [0.15, 0.2) is 60.7 Å². The minimum absolute atomic E-state index is 0.325. The number of aromatic nitrogens is 4. The SMILES string of the molecule is Cn1nc(NC(=O)Nc2cc(-c3ccc(F)cc3)n(C)n2)cc1-c1ccc(F)cc1. The summed E-state index contributed by atoms with van der Waals surface area (Å²) in [5.41, 5.74) is 2.99. The zero-order valence-electron chi connectivity index (χ0n) is 16.2. The van der Waals surface area contributed by atoms with Crippen molar-refractivity contribution in [1.29, 1.82) is 0 Å². The molecule has 0 spiro atoms. The van der Waals surface area contributed by atoms with Crippen LogP contribution in [0.4, 0.5) is 25.2 Å². The summed E-state index contributed by atoms with van der Waals surface area (Å²) in [7, 11) is 3.46. The number of benzene rings is 2. The zero-order chi connectivity index (χ0) is 21.3. The van der Waals surface area contributed by atoms with Gasteiger partial charge in [0.25, 0.3) is 0 Å². The predicted molar refractivity (Wildman–Crippen MR) is 110 cm³/mol. The number of urea groups is 1. The number of nitrogens with zero attached hydrogens (tertiary/aromatic N) is 4. The Kier molecular flexibility index (Phi) is 5.01. The fourth-order valence-corrected chi connectivity index (χ4v) is 3.10. The summed E-state index contributed by atoms with van der Waals surface area (Å²) in [6.45, 7) is 0. The van der Waals surface area contributed by atoms with E-state index >= 15 is 0 Å². The van der Waals surface area contributed by atoms with Gasteiger partial charge in [0.2, 0.25) is 0 Å². The van der Waals surface area contributed by atoms with Crippen LogP contribution in [0.1, 0.15) is 0 Å². The molecule has 30 heavy (non-hydrogen) atoms. The molecule has 0 fully saturated rings. The van der Waals surface area contributed by atoms with Crippen molar-refractivity contribution in [2.75, 3.05) is 10.6 Å². The fourth-order valence-electron chi connectivity index (χ4n) is 3.10. The predicted octanol–water partition coefficient (Wildman–Crippen LogP) is 4.41. The molecule has 7 nitrogen and oxygen atoms in total. The summed E-state index contributed by atoms with van der Waals surface area (Å²) in [6, 6.07) is 14.9. The standard InChI is InChI=1S/C21H18F2N6O/c1-28-17(13-3-7-15(22)8-4-13)11-19(26-28)24-21(30)25-20-12-18(29(2)27-20)14-5-9-16(23)10-6-14/h3-12H,1-2H3,(H2,24,25,26,27,30). The van der Waals surface area contributed by atoms with E-state index in [-0.39, 0.29) is 11.6 Å². The summed E-state index contributed by atoms with van der Waals surface area (Å²) in [5.74, 6) is 0.0241. The third-order valence-electron chi connectivity index (χ3n) is 4.52. The normalized spacial score (nSPS) is 10.8. The van der Waals surface area contributed by atoms with Gasteiger partial charge >= 0.3 is 6.03 Å². The van der Waals surface area contributed by atoms with Crippen molar-refractivity contribution < 1.29 is 13.6 Å². The lowest BCUT2D eigenvalue weighted by molar-refractivity contribution is 0.262. The third kappa shape index (κ3) is 4.04. The maximum absolute atomic E-state index is 13.1. The topological polar surface area (TPSA) is 76.8 Å². The lowest BCUT2D eigenvalue weighted by Gasteiger charge is -2.01. The van der Waals surface area contributed by atoms with Crippen LogP contribution in [-0.2, 0) is 14.1 Å². The fraction of sp³-hybridized carbons (Fsp3) is 0.0952. The van der Waals surface area contributed by atoms with Gasteiger partial charge in [-0.05, 0) is 48.5 Å². The van der Waals surface area contributed by atoms with Crippen LogP contribution in [0.5, 0.6) is 0 Å². The number of amides is 2. The van der Waals surface area contributed by atoms with Crippen molar-refractivity contribution in [1.82, 2.24) is 19.6 Å². The van der Waals surface area contributed by atoms with Crippen LogP contribution >= 0.6 is 0 Å². The lowest BCUT2D eigenvalue weighted by atomic mass is 10.1. The summed E-state index contributed by atoms with van der Waals surface area (Å²) in [5, 5.41) is 13.8. The third-order valence-corrected chi connectivity index (χ3v) is 4.52. The molecule has 0 unspecified atom stereocenters. The van der Waals surface area contributed by atoms with E-state index in [0.29, 0.717) is 11.6 Å². The molecular weight excluding hydrogens is 390 g/mol. The summed E-state index contributed by atoms with van der Waals surface area (Å²) in [6.07, 6.45) is 0. The van der Waals surface area contributed by atoms with E-state index in [2.05, 4.69) is 20.8 Å². The second-order valence-electron chi connectivity index (χ2n) is 6.67. The van der Waals surface area contributed by atoms with Crippen LogP contribution < -0.4 is 10.6 Å². The lowest BCUT2D eigenvalue weighted by Crippen LogP contribution is -2.20. The average molecular weight is 408 g/mol. The molecule has 4 aromatic rings. The Morgan fingerprint density at radius 1 is 0.733 bits per heavy atom. The Hall–Kier alpha value is -4.01. The summed E-state index contributed by atoms with van der Waals surface area (Å²) < 4.78 is 29.4. The molecule has 2 amide bonds. The van der Waals surface area contributed by atoms with E-state index in [0.717, 1.165) is 22.5 Å². The first-order valence-electron chi connectivity index (χ1n) is 9.07. The highest BCUT2D eigenvalue weighted by atomic mass is 19.1. The van der Waals surface area contributed by atoms with E-state index in [1.54, 1.807) is 59.9 Å². The van der Waals surface area contributed by atoms with Crippen molar-refractivity contribution in [2.24, 2.45) is 14.1 Å². The van der Waals surface area contributed by atoms with Crippen LogP contribution in [-0.4, -0.2) is 25.6 Å². The molecule has 9 heteroatoms. The van der Waals surface area contributed by atoms with Gasteiger partial charge in [0.15, 0.2) is 11.6 Å². The summed E-state index contributed by atoms with van der Waals surface area (Å²) >= 11 is 0. The molecular formula is C21H18F2N6O. The number of aryl methyl sites for hydroxylation is 2. The van der Waals surface area contributed by atoms with Crippen molar-refractivity contribution in [3.8, 4) is 22.5 Å². The van der Waals surface area contributed by atoms with Crippen LogP contribution in [0.25, 0.3) is 22.5 Å². The van der Waals surface area contributed by atoms with Gasteiger partial charge in [-0.15, -0.1) is 0 Å². The van der Waals surface area contributed by atoms with E-state index in [4.69, 9.17) is 0 Å². The molecule has 2 aromatic heterocycles. The Balaban J connectivity index is 1.47. The molecule has 0 aliphatic heterocycles. The van der Waals surface area contributed by atoms with E-state index in [9.17, 15) is 13.6 Å². The molecule has 0 saturated heterocycles. The minimum atomic E-state index is -0.512. The molecule has 0 aliphatic rings. The van der Waals surface area contributed by atoms with E-state index < -0.39 is 6.03 Å². The highest BCUT2D eigenvalue weighted by Crippen LogP contribution is 2.24. The van der Waals surface area contributed by atoms with Crippen molar-refractivity contribution >= 4 is 17.7 Å². The number of carbonyl (C=O) groups excluding carboxylic acids is 1. The van der Waals surface area contributed by atoms with Gasteiger partial charge in [-0.3, -0.25) is 20.0 Å². The van der Waals surface area contributed by atoms with Gasteiger partial charge in [-0.2, -0.15) is 10.2 Å². The summed E-state index contributed by atoms with van der Waals surface area (Å²) in [4.78, 5) is 12.4. The molecule has 2 N–H and O–H groups in total. The molecule has 0 atom stereocenters. The molecule has 0 saturated carbocycles.